The topological polar surface area (TPSA) is 78.6 Å². The van der Waals surface area contributed by atoms with Crippen LogP contribution < -0.4 is 5.73 Å². The van der Waals surface area contributed by atoms with Crippen LogP contribution in [0.5, 0.6) is 0 Å². The minimum absolute atomic E-state index is 0. The van der Waals surface area contributed by atoms with Gasteiger partial charge in [0.15, 0.2) is 0 Å². The number of benzene rings is 1. The molecule has 0 aromatic heterocycles. The average molecular weight is 325 g/mol. The monoisotopic (exact) mass is 325 g/mol. The number of ether oxygens (including phenoxy) is 2. The highest BCUT2D eigenvalue weighted by atomic mass is 16.6. The zero-order valence-electron chi connectivity index (χ0n) is 14.4. The Hall–Kier alpha value is -2.04. The Morgan fingerprint density at radius 1 is 1.26 bits per heavy atom. The van der Waals surface area contributed by atoms with Gasteiger partial charge in [-0.3, -0.25) is 4.79 Å². The number of nitrogens with two attached hydrogens (primary N) is 1. The number of carbonyl (C=O) groups is 2. The van der Waals surface area contributed by atoms with Crippen molar-refractivity contribution in [3.8, 4) is 0 Å². The Bertz CT molecular complexity index is 440. The summed E-state index contributed by atoms with van der Waals surface area (Å²) in [6, 6.07) is 10.4. The highest BCUT2D eigenvalue weighted by Gasteiger charge is 2.24. The van der Waals surface area contributed by atoms with Crippen molar-refractivity contribution >= 4 is 12.1 Å². The van der Waals surface area contributed by atoms with Crippen LogP contribution in [0.3, 0.4) is 0 Å². The molecule has 0 bridgehead atoms. The predicted octanol–water partition coefficient (Wildman–Crippen LogP) is 3.95. The maximum Gasteiger partial charge on any atom is 0.404 e. The predicted molar refractivity (Wildman–Crippen MR) is 93.1 cm³/mol. The van der Waals surface area contributed by atoms with Gasteiger partial charge in [0.1, 0.15) is 6.61 Å². The third kappa shape index (κ3) is 11.2. The molecule has 2 N–H and O–H groups in total. The fraction of sp³-hybridized carbons (Fsp3) is 0.556. The number of primary amides is 1. The van der Waals surface area contributed by atoms with Gasteiger partial charge in [0, 0.05) is 1.43 Å². The molecule has 1 saturated heterocycles. The third-order valence-corrected chi connectivity index (χ3v) is 3.07. The summed E-state index contributed by atoms with van der Waals surface area (Å²) in [4.78, 5) is 20.3. The second-order valence-corrected chi connectivity index (χ2v) is 4.99. The quantitative estimate of drug-likeness (QED) is 0.634. The van der Waals surface area contributed by atoms with E-state index in [0.717, 1.165) is 25.7 Å². The molecule has 1 atom stereocenters. The van der Waals surface area contributed by atoms with Crippen LogP contribution in [0.2, 0.25) is 0 Å². The molecular weight excluding hydrogens is 294 g/mol. The van der Waals surface area contributed by atoms with Gasteiger partial charge in [0.2, 0.25) is 0 Å². The van der Waals surface area contributed by atoms with Gasteiger partial charge in [0.05, 0.1) is 12.5 Å². The summed E-state index contributed by atoms with van der Waals surface area (Å²) in [5.41, 5.74) is 6.19. The molecule has 1 amide bonds. The van der Waals surface area contributed by atoms with E-state index in [1.165, 1.54) is 5.56 Å². The van der Waals surface area contributed by atoms with Crippen LogP contribution in [0.15, 0.2) is 30.3 Å². The van der Waals surface area contributed by atoms with Gasteiger partial charge in [-0.25, -0.2) is 4.79 Å². The summed E-state index contributed by atoms with van der Waals surface area (Å²) in [7, 11) is 0. The molecule has 0 aliphatic carbocycles. The standard InChI is InChI=1S/C12H17NO2.C4H6O2.C2H6.H2/c13-12(14)15-10-6-2-5-9-11-7-3-1-4-8-11;1-3-2-6-4(3)5;1-2;/h1,3-4,7-8H,2,5-6,9-10H2,(H2,13,14);3H,2H2,1H3;1-2H3;1H/t;3-;;/m.1../s1. The summed E-state index contributed by atoms with van der Waals surface area (Å²) in [5, 5.41) is 0. The van der Waals surface area contributed by atoms with Crippen molar-refractivity contribution < 1.29 is 20.5 Å². The fourth-order valence-electron chi connectivity index (χ4n) is 1.74. The van der Waals surface area contributed by atoms with E-state index < -0.39 is 6.09 Å². The molecule has 0 spiro atoms. The third-order valence-electron chi connectivity index (χ3n) is 3.07. The van der Waals surface area contributed by atoms with Gasteiger partial charge in [0.25, 0.3) is 0 Å². The molecule has 5 heteroatoms. The number of hydrogen-bond acceptors (Lipinski definition) is 4. The van der Waals surface area contributed by atoms with Crippen molar-refractivity contribution in [2.75, 3.05) is 13.2 Å². The summed E-state index contributed by atoms with van der Waals surface area (Å²) in [6.45, 7) is 6.91. The molecule has 23 heavy (non-hydrogen) atoms. The van der Waals surface area contributed by atoms with Crippen molar-refractivity contribution in [3.05, 3.63) is 35.9 Å². The molecule has 1 fully saturated rings. The number of aryl methyl sites for hydroxylation is 1. The van der Waals surface area contributed by atoms with Gasteiger partial charge in [-0.1, -0.05) is 44.2 Å². The van der Waals surface area contributed by atoms with E-state index in [0.29, 0.717) is 13.2 Å². The normalized spacial score (nSPS) is 14.9. The van der Waals surface area contributed by atoms with Gasteiger partial charge < -0.3 is 15.2 Å². The van der Waals surface area contributed by atoms with Gasteiger partial charge >= 0.3 is 12.1 Å². The summed E-state index contributed by atoms with van der Waals surface area (Å²) in [5.74, 6) is 0.111. The number of unbranched alkanes of at least 4 members (excludes halogenated alkanes) is 2. The minimum atomic E-state index is -0.682. The zero-order valence-corrected chi connectivity index (χ0v) is 14.4. The van der Waals surface area contributed by atoms with E-state index in [9.17, 15) is 9.59 Å². The van der Waals surface area contributed by atoms with Crippen LogP contribution in [0.25, 0.3) is 0 Å². The van der Waals surface area contributed by atoms with E-state index >= 15 is 0 Å². The van der Waals surface area contributed by atoms with Crippen molar-refractivity contribution in [1.82, 2.24) is 0 Å². The first-order valence-electron chi connectivity index (χ1n) is 8.22. The first kappa shape index (κ1) is 21.0. The molecule has 0 radical (unpaired) electrons. The van der Waals surface area contributed by atoms with Gasteiger partial charge in [-0.05, 0) is 38.2 Å². The smallest absolute Gasteiger partial charge is 0.404 e. The van der Waals surface area contributed by atoms with Crippen molar-refractivity contribution in [2.45, 2.75) is 46.5 Å². The van der Waals surface area contributed by atoms with Crippen LogP contribution >= 0.6 is 0 Å². The van der Waals surface area contributed by atoms with Crippen molar-refractivity contribution in [1.29, 1.82) is 0 Å². The maximum atomic E-state index is 10.3. The van der Waals surface area contributed by atoms with Gasteiger partial charge in [-0.15, -0.1) is 0 Å². The highest BCUT2D eigenvalue weighted by molar-refractivity contribution is 5.76. The lowest BCUT2D eigenvalue weighted by Crippen LogP contribution is -2.31. The van der Waals surface area contributed by atoms with Crippen molar-refractivity contribution in [2.24, 2.45) is 11.7 Å². The van der Waals surface area contributed by atoms with E-state index in [2.05, 4.69) is 21.6 Å². The molecule has 1 aromatic carbocycles. The highest BCUT2D eigenvalue weighted by Crippen LogP contribution is 2.09. The number of amides is 1. The lowest BCUT2D eigenvalue weighted by atomic mass is 10.1. The van der Waals surface area contributed by atoms with Crippen LogP contribution in [0, 0.1) is 5.92 Å². The second kappa shape index (κ2) is 13.6. The Morgan fingerprint density at radius 2 is 1.87 bits per heavy atom. The largest absolute Gasteiger partial charge is 0.464 e. The zero-order chi connectivity index (χ0) is 17.5. The Morgan fingerprint density at radius 3 is 2.30 bits per heavy atom. The van der Waals surface area contributed by atoms with Gasteiger partial charge in [-0.2, -0.15) is 0 Å². The summed E-state index contributed by atoms with van der Waals surface area (Å²) in [6.07, 6.45) is 3.46. The van der Waals surface area contributed by atoms with Crippen LogP contribution in [-0.4, -0.2) is 25.3 Å². The number of hydrogen-bond donors (Lipinski definition) is 1. The number of carbonyl (C=O) groups excluding carboxylic acids is 2. The molecular formula is C18H31NO4. The minimum Gasteiger partial charge on any atom is -0.464 e. The average Bonchev–Trinajstić information content (AvgIpc) is 2.59. The molecule has 1 aliphatic rings. The van der Waals surface area contributed by atoms with Crippen LogP contribution in [-0.2, 0) is 20.7 Å². The molecule has 1 aliphatic heterocycles. The lowest BCUT2D eigenvalue weighted by Gasteiger charge is -2.19. The number of cyclic esters (lactones) is 1. The first-order valence-corrected chi connectivity index (χ1v) is 8.22. The van der Waals surface area contributed by atoms with Crippen LogP contribution in [0.1, 0.15) is 47.0 Å². The maximum absolute atomic E-state index is 10.3. The number of rotatable bonds is 6. The Kier molecular flexibility index (Phi) is 12.4. The molecule has 5 nitrogen and oxygen atoms in total. The summed E-state index contributed by atoms with van der Waals surface area (Å²) >= 11 is 0. The Labute approximate surface area is 140 Å². The molecule has 1 heterocycles. The molecule has 1 aromatic rings. The lowest BCUT2D eigenvalue weighted by molar-refractivity contribution is -0.166. The van der Waals surface area contributed by atoms with E-state index in [4.69, 9.17) is 5.73 Å². The Balaban J connectivity index is 0. The van der Waals surface area contributed by atoms with E-state index in [-0.39, 0.29) is 13.3 Å². The fourth-order valence-corrected chi connectivity index (χ4v) is 1.74. The summed E-state index contributed by atoms with van der Waals surface area (Å²) < 4.78 is 9.04. The van der Waals surface area contributed by atoms with Crippen molar-refractivity contribution in [3.63, 3.8) is 0 Å². The number of esters is 1. The molecule has 0 saturated carbocycles. The SMILES string of the molecule is CC.C[C@@H]1COC1=O.NC(=O)OCCCCCc1ccccc1.[HH]. The second-order valence-electron chi connectivity index (χ2n) is 4.99. The molecule has 0 unspecified atom stereocenters. The van der Waals surface area contributed by atoms with E-state index in [1.54, 1.807) is 0 Å². The molecule has 2 rings (SSSR count). The first-order chi connectivity index (χ1) is 11.1. The van der Waals surface area contributed by atoms with E-state index in [1.807, 2.05) is 39.0 Å². The molecule has 132 valence electrons. The van der Waals surface area contributed by atoms with Crippen LogP contribution in [0.4, 0.5) is 4.79 Å².